The molecule has 0 atom stereocenters. The predicted molar refractivity (Wildman–Crippen MR) is 59.8 cm³/mol. The van der Waals surface area contributed by atoms with Crippen molar-refractivity contribution in [1.82, 2.24) is 9.55 Å². The van der Waals surface area contributed by atoms with Crippen molar-refractivity contribution in [3.05, 3.63) is 54.1 Å². The summed E-state index contributed by atoms with van der Waals surface area (Å²) in [6, 6.07) is 10.4. The molecule has 1 aromatic carbocycles. The van der Waals surface area contributed by atoms with Crippen LogP contribution in [0.2, 0.25) is 0 Å². The Morgan fingerprint density at radius 3 is 2.50 bits per heavy atom. The number of imidazole rings is 1. The molecule has 0 spiro atoms. The molecule has 1 heterocycles. The zero-order chi connectivity index (χ0) is 9.10. The van der Waals surface area contributed by atoms with Gasteiger partial charge in [-0.15, -0.1) is 12.4 Å². The Labute approximate surface area is 90.0 Å². The largest absolute Gasteiger partial charge is 0.331 e. The molecule has 1 aromatic heterocycles. The van der Waals surface area contributed by atoms with Crippen molar-refractivity contribution in [2.45, 2.75) is 13.5 Å². The molecule has 0 saturated heterocycles. The molecule has 2 nitrogen and oxygen atoms in total. The van der Waals surface area contributed by atoms with E-state index in [4.69, 9.17) is 0 Å². The summed E-state index contributed by atoms with van der Waals surface area (Å²) in [5, 5.41) is 0. The maximum Gasteiger partial charge on any atom is 0.105 e. The summed E-state index contributed by atoms with van der Waals surface area (Å²) in [5.41, 5.74) is 1.31. The van der Waals surface area contributed by atoms with Crippen molar-refractivity contribution < 1.29 is 0 Å². The minimum absolute atomic E-state index is 0. The molecule has 0 radical (unpaired) electrons. The molecule has 0 bridgehead atoms. The summed E-state index contributed by atoms with van der Waals surface area (Å²) in [6.45, 7) is 2.93. The van der Waals surface area contributed by atoms with E-state index in [1.807, 2.05) is 25.4 Å². The summed E-state index contributed by atoms with van der Waals surface area (Å²) in [7, 11) is 0. The standard InChI is InChI=1S/C11H12N2.ClH/c1-10-12-7-8-13(10)9-11-5-3-2-4-6-11;/h2-8H,9H2,1H3;1H. The number of aryl methyl sites for hydroxylation is 1. The number of benzene rings is 1. The van der Waals surface area contributed by atoms with Crippen LogP contribution in [0.25, 0.3) is 0 Å². The zero-order valence-corrected chi connectivity index (χ0v) is 8.87. The van der Waals surface area contributed by atoms with Crippen LogP contribution < -0.4 is 0 Å². The van der Waals surface area contributed by atoms with Gasteiger partial charge in [-0.25, -0.2) is 4.98 Å². The van der Waals surface area contributed by atoms with Gasteiger partial charge in [0.1, 0.15) is 5.82 Å². The minimum atomic E-state index is 0. The molecule has 2 aromatic rings. The Hall–Kier alpha value is -1.28. The van der Waals surface area contributed by atoms with E-state index < -0.39 is 0 Å². The first-order valence-electron chi connectivity index (χ1n) is 4.38. The van der Waals surface area contributed by atoms with E-state index in [2.05, 4.69) is 33.8 Å². The van der Waals surface area contributed by atoms with Gasteiger partial charge in [0.05, 0.1) is 0 Å². The second kappa shape index (κ2) is 4.82. The van der Waals surface area contributed by atoms with Crippen molar-refractivity contribution in [3.8, 4) is 0 Å². The molecule has 2 rings (SSSR count). The van der Waals surface area contributed by atoms with Gasteiger partial charge in [0.2, 0.25) is 0 Å². The van der Waals surface area contributed by atoms with Gasteiger partial charge in [0.25, 0.3) is 0 Å². The number of nitrogens with zero attached hydrogens (tertiary/aromatic N) is 2. The van der Waals surface area contributed by atoms with Crippen LogP contribution in [0.15, 0.2) is 42.7 Å². The van der Waals surface area contributed by atoms with Gasteiger partial charge < -0.3 is 4.57 Å². The predicted octanol–water partition coefficient (Wildman–Crippen LogP) is 2.66. The van der Waals surface area contributed by atoms with Gasteiger partial charge in [-0.3, -0.25) is 0 Å². The second-order valence-electron chi connectivity index (χ2n) is 3.09. The highest BCUT2D eigenvalue weighted by atomic mass is 35.5. The quantitative estimate of drug-likeness (QED) is 0.742. The topological polar surface area (TPSA) is 17.8 Å². The second-order valence-corrected chi connectivity index (χ2v) is 3.09. The first-order valence-corrected chi connectivity index (χ1v) is 4.38. The molecule has 0 aliphatic rings. The Balaban J connectivity index is 0.000000980. The average molecular weight is 209 g/mol. The van der Waals surface area contributed by atoms with E-state index in [1.54, 1.807) is 0 Å². The van der Waals surface area contributed by atoms with Crippen LogP contribution in [0, 0.1) is 6.92 Å². The van der Waals surface area contributed by atoms with Crippen LogP contribution >= 0.6 is 12.4 Å². The lowest BCUT2D eigenvalue weighted by atomic mass is 10.2. The molecular formula is C11H13ClN2. The molecular weight excluding hydrogens is 196 g/mol. The van der Waals surface area contributed by atoms with Gasteiger partial charge in [-0.05, 0) is 12.5 Å². The highest BCUT2D eigenvalue weighted by Crippen LogP contribution is 2.03. The van der Waals surface area contributed by atoms with E-state index in [1.165, 1.54) is 5.56 Å². The van der Waals surface area contributed by atoms with Gasteiger partial charge in [0.15, 0.2) is 0 Å². The molecule has 14 heavy (non-hydrogen) atoms. The van der Waals surface area contributed by atoms with E-state index in [0.29, 0.717) is 0 Å². The van der Waals surface area contributed by atoms with E-state index in [9.17, 15) is 0 Å². The monoisotopic (exact) mass is 208 g/mol. The number of rotatable bonds is 2. The van der Waals surface area contributed by atoms with Crippen LogP contribution in [0.4, 0.5) is 0 Å². The highest BCUT2D eigenvalue weighted by Gasteiger charge is 1.96. The van der Waals surface area contributed by atoms with Crippen LogP contribution in [0.5, 0.6) is 0 Å². The Morgan fingerprint density at radius 2 is 1.93 bits per heavy atom. The van der Waals surface area contributed by atoms with Crippen LogP contribution in [-0.2, 0) is 6.54 Å². The van der Waals surface area contributed by atoms with Gasteiger partial charge in [0, 0.05) is 18.9 Å². The number of halogens is 1. The third-order valence-electron chi connectivity index (χ3n) is 2.12. The smallest absolute Gasteiger partial charge is 0.105 e. The maximum atomic E-state index is 4.18. The fourth-order valence-corrected chi connectivity index (χ4v) is 1.35. The molecule has 3 heteroatoms. The van der Waals surface area contributed by atoms with Crippen molar-refractivity contribution in [1.29, 1.82) is 0 Å². The van der Waals surface area contributed by atoms with E-state index >= 15 is 0 Å². The Kier molecular flexibility index (Phi) is 3.72. The lowest BCUT2D eigenvalue weighted by molar-refractivity contribution is 0.762. The fourth-order valence-electron chi connectivity index (χ4n) is 1.35. The van der Waals surface area contributed by atoms with Crippen molar-refractivity contribution >= 4 is 12.4 Å². The number of hydrogen-bond donors (Lipinski definition) is 0. The van der Waals surface area contributed by atoms with Gasteiger partial charge in [-0.1, -0.05) is 30.3 Å². The minimum Gasteiger partial charge on any atom is -0.331 e. The Bertz CT molecular complexity index is 381. The van der Waals surface area contributed by atoms with Gasteiger partial charge in [-0.2, -0.15) is 0 Å². The summed E-state index contributed by atoms with van der Waals surface area (Å²) in [6.07, 6.45) is 3.83. The lowest BCUT2D eigenvalue weighted by Gasteiger charge is -2.03. The summed E-state index contributed by atoms with van der Waals surface area (Å²) in [5.74, 6) is 1.06. The molecule has 0 aliphatic heterocycles. The maximum absolute atomic E-state index is 4.18. The summed E-state index contributed by atoms with van der Waals surface area (Å²) >= 11 is 0. The zero-order valence-electron chi connectivity index (χ0n) is 8.05. The van der Waals surface area contributed by atoms with Crippen LogP contribution in [0.3, 0.4) is 0 Å². The highest BCUT2D eigenvalue weighted by molar-refractivity contribution is 5.85. The Morgan fingerprint density at radius 1 is 1.21 bits per heavy atom. The molecule has 0 aliphatic carbocycles. The molecule has 0 saturated carbocycles. The molecule has 0 amide bonds. The van der Waals surface area contributed by atoms with Gasteiger partial charge >= 0.3 is 0 Å². The fraction of sp³-hybridized carbons (Fsp3) is 0.182. The SMILES string of the molecule is Cc1nccn1Cc1ccccc1.Cl. The first kappa shape index (κ1) is 10.8. The molecule has 74 valence electrons. The molecule has 0 N–H and O–H groups in total. The summed E-state index contributed by atoms with van der Waals surface area (Å²) < 4.78 is 2.13. The first-order chi connectivity index (χ1) is 6.36. The van der Waals surface area contributed by atoms with Crippen molar-refractivity contribution in [2.75, 3.05) is 0 Å². The van der Waals surface area contributed by atoms with Crippen LogP contribution in [0.1, 0.15) is 11.4 Å². The van der Waals surface area contributed by atoms with Crippen molar-refractivity contribution in [3.63, 3.8) is 0 Å². The molecule has 0 fully saturated rings. The van der Waals surface area contributed by atoms with Crippen molar-refractivity contribution in [2.24, 2.45) is 0 Å². The normalized spacial score (nSPS) is 9.50. The third kappa shape index (κ3) is 2.36. The number of hydrogen-bond acceptors (Lipinski definition) is 1. The average Bonchev–Trinajstić information content (AvgIpc) is 2.54. The summed E-state index contributed by atoms with van der Waals surface area (Å²) in [4.78, 5) is 4.18. The number of aromatic nitrogens is 2. The van der Waals surface area contributed by atoms with Crippen LogP contribution in [-0.4, -0.2) is 9.55 Å². The van der Waals surface area contributed by atoms with E-state index in [0.717, 1.165) is 12.4 Å². The third-order valence-corrected chi connectivity index (χ3v) is 2.12. The molecule has 0 unspecified atom stereocenters. The lowest BCUT2D eigenvalue weighted by Crippen LogP contribution is -1.99. The van der Waals surface area contributed by atoms with E-state index in [-0.39, 0.29) is 12.4 Å².